The lowest BCUT2D eigenvalue weighted by Gasteiger charge is -2.56. The molecule has 0 radical (unpaired) electrons. The van der Waals surface area contributed by atoms with E-state index in [1.807, 2.05) is 4.90 Å². The topological polar surface area (TPSA) is 49.4 Å². The van der Waals surface area contributed by atoms with E-state index in [2.05, 4.69) is 29.6 Å². The zero-order valence-corrected chi connectivity index (χ0v) is 17.2. The van der Waals surface area contributed by atoms with Gasteiger partial charge in [0.05, 0.1) is 11.5 Å². The first-order chi connectivity index (χ1) is 14.1. The molecule has 4 bridgehead atoms. The van der Waals surface area contributed by atoms with Crippen LogP contribution in [0.25, 0.3) is 0 Å². The Hall–Kier alpha value is -1.84. The average molecular weight is 393 g/mol. The van der Waals surface area contributed by atoms with E-state index in [1.165, 1.54) is 30.4 Å². The molecule has 2 unspecified atom stereocenters. The second-order valence-corrected chi connectivity index (χ2v) is 10.7. The van der Waals surface area contributed by atoms with Crippen LogP contribution < -0.4 is 5.32 Å². The van der Waals surface area contributed by atoms with Crippen molar-refractivity contribution in [3.8, 4) is 0 Å². The number of likely N-dealkylation sites (tertiary alicyclic amines) is 1. The van der Waals surface area contributed by atoms with Gasteiger partial charge in [-0.3, -0.25) is 9.59 Å². The van der Waals surface area contributed by atoms with Crippen molar-refractivity contribution in [3.63, 3.8) is 0 Å². The van der Waals surface area contributed by atoms with Gasteiger partial charge in [-0.25, -0.2) is 0 Å². The van der Waals surface area contributed by atoms with Crippen LogP contribution in [0.5, 0.6) is 0 Å². The van der Waals surface area contributed by atoms with E-state index in [0.29, 0.717) is 5.91 Å². The molecule has 0 spiro atoms. The summed E-state index contributed by atoms with van der Waals surface area (Å²) in [5, 5.41) is 3.30. The number of nitrogens with one attached hydrogen (secondary N) is 1. The maximum atomic E-state index is 13.8. The van der Waals surface area contributed by atoms with Gasteiger partial charge in [-0.2, -0.15) is 0 Å². The van der Waals surface area contributed by atoms with Gasteiger partial charge in [0.15, 0.2) is 0 Å². The summed E-state index contributed by atoms with van der Waals surface area (Å²) >= 11 is 0. The molecule has 0 aromatic heterocycles. The summed E-state index contributed by atoms with van der Waals surface area (Å²) in [6, 6.07) is 8.28. The minimum absolute atomic E-state index is 0.0716. The predicted octanol–water partition coefficient (Wildman–Crippen LogP) is 4.00. The van der Waals surface area contributed by atoms with E-state index in [9.17, 15) is 9.59 Å². The van der Waals surface area contributed by atoms with Gasteiger partial charge in [-0.15, -0.1) is 0 Å². The smallest absolute Gasteiger partial charge is 0.243 e. The standard InChI is InChI=1S/C25H32N2O2/c28-23(26-21-8-7-19-4-1-2-5-20(19)21)22-6-3-9-27(22)24(29)25-13-16-10-17(14-25)12-18(11-16)15-25/h1-2,4-5,16-18,21-22H,3,6-15H2,(H,26,28). The number of aryl methyl sites for hydroxylation is 1. The molecule has 6 aliphatic rings. The Morgan fingerprint density at radius 2 is 1.66 bits per heavy atom. The SMILES string of the molecule is O=C(NC1CCc2ccccc21)C1CCCN1C(=O)C12CC3CC(CC(C3)C1)C2. The highest BCUT2D eigenvalue weighted by Gasteiger charge is 2.56. The summed E-state index contributed by atoms with van der Waals surface area (Å²) in [6.45, 7) is 0.764. The van der Waals surface area contributed by atoms with Crippen molar-refractivity contribution < 1.29 is 9.59 Å². The van der Waals surface area contributed by atoms with E-state index in [4.69, 9.17) is 0 Å². The molecule has 1 N–H and O–H groups in total. The number of carbonyl (C=O) groups excluding carboxylic acids is 2. The van der Waals surface area contributed by atoms with Crippen LogP contribution in [0.2, 0.25) is 0 Å². The Kier molecular flexibility index (Phi) is 4.08. The van der Waals surface area contributed by atoms with Gasteiger partial charge >= 0.3 is 0 Å². The lowest BCUT2D eigenvalue weighted by Crippen LogP contribution is -2.57. The maximum Gasteiger partial charge on any atom is 0.243 e. The largest absolute Gasteiger partial charge is 0.347 e. The average Bonchev–Trinajstić information content (AvgIpc) is 3.34. The molecule has 4 heteroatoms. The van der Waals surface area contributed by atoms with E-state index in [0.717, 1.165) is 69.2 Å². The highest BCUT2D eigenvalue weighted by Crippen LogP contribution is 2.60. The molecular weight excluding hydrogens is 360 g/mol. The molecule has 5 aliphatic carbocycles. The number of hydrogen-bond acceptors (Lipinski definition) is 2. The third-order valence-electron chi connectivity index (χ3n) is 8.76. The molecular formula is C25H32N2O2. The number of hydrogen-bond donors (Lipinski definition) is 1. The fourth-order valence-electron chi connectivity index (χ4n) is 7.93. The molecule has 2 atom stereocenters. The summed E-state index contributed by atoms with van der Waals surface area (Å²) in [7, 11) is 0. The van der Waals surface area contributed by atoms with Gasteiger partial charge in [0.2, 0.25) is 11.8 Å². The minimum Gasteiger partial charge on any atom is -0.347 e. The minimum atomic E-state index is -0.261. The Bertz CT molecular complexity index is 812. The van der Waals surface area contributed by atoms with Crippen molar-refractivity contribution in [3.05, 3.63) is 35.4 Å². The van der Waals surface area contributed by atoms with Crippen LogP contribution in [-0.2, 0) is 16.0 Å². The Balaban J connectivity index is 1.19. The molecule has 7 rings (SSSR count). The van der Waals surface area contributed by atoms with Gasteiger partial charge in [-0.05, 0) is 93.1 Å². The molecule has 5 fully saturated rings. The van der Waals surface area contributed by atoms with Crippen LogP contribution in [0.4, 0.5) is 0 Å². The lowest BCUT2D eigenvalue weighted by atomic mass is 9.49. The number of nitrogens with zero attached hydrogens (tertiary/aromatic N) is 1. The third-order valence-corrected chi connectivity index (χ3v) is 8.76. The number of amides is 2. The maximum absolute atomic E-state index is 13.8. The number of carbonyl (C=O) groups is 2. The molecule has 4 nitrogen and oxygen atoms in total. The molecule has 4 saturated carbocycles. The van der Waals surface area contributed by atoms with Crippen LogP contribution in [0.1, 0.15) is 75.0 Å². The van der Waals surface area contributed by atoms with E-state index >= 15 is 0 Å². The molecule has 1 aromatic carbocycles. The summed E-state index contributed by atoms with van der Waals surface area (Å²) in [5.41, 5.74) is 2.47. The molecule has 2 amide bonds. The van der Waals surface area contributed by atoms with Crippen molar-refractivity contribution in [2.24, 2.45) is 23.2 Å². The molecule has 1 saturated heterocycles. The van der Waals surface area contributed by atoms with Gasteiger partial charge in [-0.1, -0.05) is 24.3 Å². The number of fused-ring (bicyclic) bond motifs is 1. The number of rotatable bonds is 3. The Morgan fingerprint density at radius 1 is 0.966 bits per heavy atom. The van der Waals surface area contributed by atoms with Crippen molar-refractivity contribution >= 4 is 11.8 Å². The number of benzene rings is 1. The van der Waals surface area contributed by atoms with Crippen molar-refractivity contribution in [1.82, 2.24) is 10.2 Å². The first-order valence-electron chi connectivity index (χ1n) is 11.8. The third kappa shape index (κ3) is 2.85. The van der Waals surface area contributed by atoms with Gasteiger partial charge < -0.3 is 10.2 Å². The van der Waals surface area contributed by atoms with Crippen LogP contribution in [-0.4, -0.2) is 29.3 Å². The normalized spacial score (nSPS) is 39.6. The molecule has 29 heavy (non-hydrogen) atoms. The van der Waals surface area contributed by atoms with Gasteiger partial charge in [0.25, 0.3) is 0 Å². The second kappa shape index (κ2) is 6.58. The van der Waals surface area contributed by atoms with E-state index in [1.54, 1.807) is 0 Å². The summed E-state index contributed by atoms with van der Waals surface area (Å²) < 4.78 is 0. The first-order valence-corrected chi connectivity index (χ1v) is 11.8. The Labute approximate surface area is 173 Å². The predicted molar refractivity (Wildman–Crippen MR) is 111 cm³/mol. The van der Waals surface area contributed by atoms with Gasteiger partial charge in [0.1, 0.15) is 6.04 Å². The Morgan fingerprint density at radius 3 is 2.38 bits per heavy atom. The molecule has 1 aromatic rings. The highest BCUT2D eigenvalue weighted by molar-refractivity contribution is 5.91. The molecule has 154 valence electrons. The summed E-state index contributed by atoms with van der Waals surface area (Å²) in [4.78, 5) is 29.0. The highest BCUT2D eigenvalue weighted by atomic mass is 16.2. The van der Waals surface area contributed by atoms with Crippen molar-refractivity contribution in [2.45, 2.75) is 76.3 Å². The zero-order chi connectivity index (χ0) is 19.6. The summed E-state index contributed by atoms with van der Waals surface area (Å²) in [6.07, 6.45) is 11.1. The van der Waals surface area contributed by atoms with Crippen molar-refractivity contribution in [2.75, 3.05) is 6.54 Å². The van der Waals surface area contributed by atoms with E-state index in [-0.39, 0.29) is 23.4 Å². The van der Waals surface area contributed by atoms with Crippen LogP contribution >= 0.6 is 0 Å². The van der Waals surface area contributed by atoms with Crippen LogP contribution in [0, 0.1) is 23.2 Å². The van der Waals surface area contributed by atoms with Gasteiger partial charge in [0, 0.05) is 6.54 Å². The monoisotopic (exact) mass is 392 g/mol. The van der Waals surface area contributed by atoms with Crippen LogP contribution in [0.3, 0.4) is 0 Å². The van der Waals surface area contributed by atoms with Crippen LogP contribution in [0.15, 0.2) is 24.3 Å². The fraction of sp³-hybridized carbons (Fsp3) is 0.680. The fourth-order valence-corrected chi connectivity index (χ4v) is 7.93. The lowest BCUT2D eigenvalue weighted by molar-refractivity contribution is -0.160. The zero-order valence-electron chi connectivity index (χ0n) is 17.2. The quantitative estimate of drug-likeness (QED) is 0.845. The van der Waals surface area contributed by atoms with Crippen molar-refractivity contribution in [1.29, 1.82) is 0 Å². The summed E-state index contributed by atoms with van der Waals surface area (Å²) in [5.74, 6) is 2.67. The van der Waals surface area contributed by atoms with E-state index < -0.39 is 0 Å². The second-order valence-electron chi connectivity index (χ2n) is 10.7. The molecule has 1 aliphatic heterocycles. The molecule has 1 heterocycles. The first kappa shape index (κ1) is 18.0.